The Balaban J connectivity index is 2.81. The number of rotatable bonds is 5. The van der Waals surface area contributed by atoms with E-state index in [2.05, 4.69) is 15.4 Å². The summed E-state index contributed by atoms with van der Waals surface area (Å²) in [5.74, 6) is 6.21. The zero-order valence-corrected chi connectivity index (χ0v) is 10.5. The minimum Gasteiger partial charge on any atom is -0.368 e. The molecule has 0 saturated carbocycles. The Kier molecular flexibility index (Phi) is 4.07. The molecule has 0 radical (unpaired) electrons. The molecule has 17 heavy (non-hydrogen) atoms. The van der Waals surface area contributed by atoms with E-state index >= 15 is 0 Å². The van der Waals surface area contributed by atoms with Crippen molar-refractivity contribution in [1.82, 2.24) is 9.97 Å². The van der Waals surface area contributed by atoms with Crippen LogP contribution in [0.15, 0.2) is 6.07 Å². The van der Waals surface area contributed by atoms with Crippen molar-refractivity contribution in [2.24, 2.45) is 5.84 Å². The average Bonchev–Trinajstić information content (AvgIpc) is 2.23. The van der Waals surface area contributed by atoms with Crippen LogP contribution in [0.4, 0.5) is 17.6 Å². The molecule has 0 aliphatic carbocycles. The van der Waals surface area contributed by atoms with Crippen molar-refractivity contribution in [3.05, 3.63) is 6.07 Å². The lowest BCUT2D eigenvalue weighted by Gasteiger charge is -2.18. The molecule has 1 aromatic rings. The maximum atomic E-state index is 11.0. The number of hydrogen-bond donors (Lipinski definition) is 3. The van der Waals surface area contributed by atoms with Gasteiger partial charge in [0.1, 0.15) is 21.5 Å². The van der Waals surface area contributed by atoms with Crippen molar-refractivity contribution in [2.75, 3.05) is 41.7 Å². The van der Waals surface area contributed by atoms with Crippen LogP contribution >= 0.6 is 0 Å². The lowest BCUT2D eigenvalue weighted by molar-refractivity contribution is 0.601. The maximum Gasteiger partial charge on any atom is 0.223 e. The molecule has 0 atom stereocenters. The molecule has 0 spiro atoms. The first-order chi connectivity index (χ1) is 7.81. The molecule has 0 aliphatic rings. The van der Waals surface area contributed by atoms with Gasteiger partial charge in [0.2, 0.25) is 5.95 Å². The molecule has 0 unspecified atom stereocenters. The van der Waals surface area contributed by atoms with Gasteiger partial charge in [0.05, 0.1) is 5.75 Å². The average molecular weight is 260 g/mol. The van der Waals surface area contributed by atoms with Crippen LogP contribution in [-0.2, 0) is 9.84 Å². The molecule has 8 nitrogen and oxygen atoms in total. The van der Waals surface area contributed by atoms with Gasteiger partial charge in [0.15, 0.2) is 0 Å². The van der Waals surface area contributed by atoms with Crippen molar-refractivity contribution in [1.29, 1.82) is 0 Å². The van der Waals surface area contributed by atoms with Crippen molar-refractivity contribution in [3.8, 4) is 0 Å². The van der Waals surface area contributed by atoms with Crippen molar-refractivity contribution >= 4 is 27.4 Å². The fourth-order valence-corrected chi connectivity index (χ4v) is 1.74. The Morgan fingerprint density at radius 3 is 2.65 bits per heavy atom. The van der Waals surface area contributed by atoms with Crippen LogP contribution in [0, 0.1) is 0 Å². The Labute approximate surface area is 99.9 Å². The summed E-state index contributed by atoms with van der Waals surface area (Å²) >= 11 is 0. The second kappa shape index (κ2) is 5.15. The van der Waals surface area contributed by atoms with Gasteiger partial charge in [0, 0.05) is 25.9 Å². The number of hydrogen-bond acceptors (Lipinski definition) is 8. The van der Waals surface area contributed by atoms with Gasteiger partial charge in [-0.25, -0.2) is 14.3 Å². The highest BCUT2D eigenvalue weighted by Crippen LogP contribution is 2.14. The molecule has 1 heterocycles. The summed E-state index contributed by atoms with van der Waals surface area (Å²) in [5.41, 5.74) is 7.85. The van der Waals surface area contributed by atoms with E-state index in [0.29, 0.717) is 18.2 Å². The summed E-state index contributed by atoms with van der Waals surface area (Å²) in [6.07, 6.45) is 1.18. The predicted octanol–water partition coefficient (Wildman–Crippen LogP) is -1.17. The first kappa shape index (κ1) is 13.5. The van der Waals surface area contributed by atoms with Crippen LogP contribution in [0.3, 0.4) is 0 Å². The number of nitrogens with two attached hydrogens (primary N) is 2. The number of hydrazine groups is 1. The number of aromatic nitrogens is 2. The van der Waals surface area contributed by atoms with E-state index in [-0.39, 0.29) is 11.7 Å². The highest BCUT2D eigenvalue weighted by atomic mass is 32.2. The second-order valence-corrected chi connectivity index (χ2v) is 5.93. The van der Waals surface area contributed by atoms with Crippen molar-refractivity contribution < 1.29 is 8.42 Å². The van der Waals surface area contributed by atoms with Crippen LogP contribution in [-0.4, -0.2) is 44.0 Å². The molecular weight excluding hydrogens is 244 g/mol. The number of nitrogen functional groups attached to an aromatic ring is 2. The molecular formula is C8H16N6O2S. The van der Waals surface area contributed by atoms with E-state index in [1.54, 1.807) is 18.0 Å². The second-order valence-electron chi connectivity index (χ2n) is 3.67. The van der Waals surface area contributed by atoms with Gasteiger partial charge < -0.3 is 16.1 Å². The van der Waals surface area contributed by atoms with Gasteiger partial charge in [-0.15, -0.1) is 0 Å². The minimum atomic E-state index is -3.01. The third kappa shape index (κ3) is 4.41. The van der Waals surface area contributed by atoms with Crippen LogP contribution in [0.5, 0.6) is 0 Å². The van der Waals surface area contributed by atoms with E-state index in [9.17, 15) is 8.42 Å². The molecule has 96 valence electrons. The standard InChI is InChI=1S/C8H16N6O2S/c1-14(3-4-17(2,15)16)7-5-6(13-10)11-8(9)12-7/h5H,3-4,10H2,1-2H3,(H3,9,11,12,13). The Bertz CT molecular complexity index is 489. The summed E-state index contributed by atoms with van der Waals surface area (Å²) in [6, 6.07) is 1.58. The SMILES string of the molecule is CN(CCS(C)(=O)=O)c1cc(NN)nc(N)n1. The third-order valence-corrected chi connectivity index (χ3v) is 2.99. The molecule has 0 saturated heterocycles. The highest BCUT2D eigenvalue weighted by Gasteiger charge is 2.09. The summed E-state index contributed by atoms with van der Waals surface area (Å²) < 4.78 is 22.1. The number of anilines is 3. The lowest BCUT2D eigenvalue weighted by atomic mass is 10.4. The molecule has 1 rings (SSSR count). The Morgan fingerprint density at radius 2 is 2.12 bits per heavy atom. The molecule has 0 aromatic carbocycles. The van der Waals surface area contributed by atoms with E-state index in [4.69, 9.17) is 11.6 Å². The first-order valence-electron chi connectivity index (χ1n) is 4.82. The summed E-state index contributed by atoms with van der Waals surface area (Å²) in [7, 11) is -1.29. The van der Waals surface area contributed by atoms with E-state index in [1.165, 1.54) is 6.26 Å². The van der Waals surface area contributed by atoms with Gasteiger partial charge in [0.25, 0.3) is 0 Å². The molecule has 9 heteroatoms. The normalized spacial score (nSPS) is 11.2. The third-order valence-electron chi connectivity index (χ3n) is 2.07. The number of sulfone groups is 1. The summed E-state index contributed by atoms with van der Waals surface area (Å²) in [5, 5.41) is 0. The Hall–Kier alpha value is -1.61. The molecule has 0 fully saturated rings. The van der Waals surface area contributed by atoms with Crippen molar-refractivity contribution in [3.63, 3.8) is 0 Å². The van der Waals surface area contributed by atoms with Crippen molar-refractivity contribution in [2.45, 2.75) is 0 Å². The van der Waals surface area contributed by atoms with Crippen LogP contribution < -0.4 is 21.9 Å². The first-order valence-corrected chi connectivity index (χ1v) is 6.88. The van der Waals surface area contributed by atoms with E-state index < -0.39 is 9.84 Å². The van der Waals surface area contributed by atoms with E-state index in [1.807, 2.05) is 0 Å². The molecule has 1 aromatic heterocycles. The molecule has 0 aliphatic heterocycles. The van der Waals surface area contributed by atoms with Gasteiger partial charge >= 0.3 is 0 Å². The number of nitrogens with one attached hydrogen (secondary N) is 1. The zero-order chi connectivity index (χ0) is 13.1. The van der Waals surface area contributed by atoms with E-state index in [0.717, 1.165) is 0 Å². The van der Waals surface area contributed by atoms with Crippen LogP contribution in [0.1, 0.15) is 0 Å². The maximum absolute atomic E-state index is 11.0. The fraction of sp³-hybridized carbons (Fsp3) is 0.500. The smallest absolute Gasteiger partial charge is 0.223 e. The van der Waals surface area contributed by atoms with Gasteiger partial charge in [-0.3, -0.25) is 0 Å². The molecule has 5 N–H and O–H groups in total. The highest BCUT2D eigenvalue weighted by molar-refractivity contribution is 7.90. The monoisotopic (exact) mass is 260 g/mol. The molecule has 0 amide bonds. The largest absolute Gasteiger partial charge is 0.368 e. The topological polar surface area (TPSA) is 127 Å². The predicted molar refractivity (Wildman–Crippen MR) is 67.2 cm³/mol. The zero-order valence-electron chi connectivity index (χ0n) is 9.71. The summed E-state index contributed by atoms with van der Waals surface area (Å²) in [6.45, 7) is 0.319. The van der Waals surface area contributed by atoms with Gasteiger partial charge in [-0.1, -0.05) is 0 Å². The Morgan fingerprint density at radius 1 is 1.47 bits per heavy atom. The fourth-order valence-electron chi connectivity index (χ4n) is 1.14. The van der Waals surface area contributed by atoms with Crippen LogP contribution in [0.25, 0.3) is 0 Å². The minimum absolute atomic E-state index is 0.0405. The quantitative estimate of drug-likeness (QED) is 0.446. The molecule has 0 bridgehead atoms. The number of nitrogens with zero attached hydrogens (tertiary/aromatic N) is 3. The van der Waals surface area contributed by atoms with Gasteiger partial charge in [-0.05, 0) is 0 Å². The van der Waals surface area contributed by atoms with Crippen LogP contribution in [0.2, 0.25) is 0 Å². The lowest BCUT2D eigenvalue weighted by Crippen LogP contribution is -2.26. The van der Waals surface area contributed by atoms with Gasteiger partial charge in [-0.2, -0.15) is 9.97 Å². The summed E-state index contributed by atoms with van der Waals surface area (Å²) in [4.78, 5) is 9.48.